The molecule has 3 aliphatic rings. The summed E-state index contributed by atoms with van der Waals surface area (Å²) in [4.78, 5) is 4.56. The van der Waals surface area contributed by atoms with Crippen molar-refractivity contribution in [3.8, 4) is 0 Å². The lowest BCUT2D eigenvalue weighted by Gasteiger charge is -2.33. The average molecular weight is 391 g/mol. The van der Waals surface area contributed by atoms with Crippen molar-refractivity contribution in [1.29, 1.82) is 10.8 Å². The molecular formula is C22H42N6. The van der Waals surface area contributed by atoms with Gasteiger partial charge in [-0.05, 0) is 49.9 Å². The second kappa shape index (κ2) is 9.84. The quantitative estimate of drug-likeness (QED) is 0.455. The zero-order chi connectivity index (χ0) is 20.1. The van der Waals surface area contributed by atoms with Gasteiger partial charge in [-0.3, -0.25) is 10.8 Å². The molecule has 28 heavy (non-hydrogen) atoms. The zero-order valence-corrected chi connectivity index (χ0v) is 18.3. The van der Waals surface area contributed by atoms with E-state index in [-0.39, 0.29) is 0 Å². The maximum absolute atomic E-state index is 8.29. The minimum atomic E-state index is 0.436. The van der Waals surface area contributed by atoms with E-state index in [9.17, 15) is 0 Å². The molecule has 2 aliphatic heterocycles. The molecule has 3 fully saturated rings. The normalized spacial score (nSPS) is 31.8. The van der Waals surface area contributed by atoms with Crippen LogP contribution in [0.5, 0.6) is 0 Å². The molecule has 1 aliphatic carbocycles. The highest BCUT2D eigenvalue weighted by Gasteiger charge is 2.31. The minimum Gasteiger partial charge on any atom is -0.354 e. The Hall–Kier alpha value is -1.46. The summed E-state index contributed by atoms with van der Waals surface area (Å²) >= 11 is 0. The largest absolute Gasteiger partial charge is 0.354 e. The smallest absolute Gasteiger partial charge is 0.191 e. The fourth-order valence-corrected chi connectivity index (χ4v) is 5.03. The Morgan fingerprint density at radius 2 is 1.86 bits per heavy atom. The van der Waals surface area contributed by atoms with Crippen molar-refractivity contribution in [3.63, 3.8) is 0 Å². The zero-order valence-electron chi connectivity index (χ0n) is 18.3. The molecule has 1 saturated carbocycles. The van der Waals surface area contributed by atoms with Crippen LogP contribution in [-0.4, -0.2) is 60.0 Å². The lowest BCUT2D eigenvalue weighted by molar-refractivity contribution is 0.213. The molecule has 0 radical (unpaired) electrons. The second-order valence-corrected chi connectivity index (χ2v) is 9.59. The number of guanidine groups is 2. The maximum atomic E-state index is 8.29. The summed E-state index contributed by atoms with van der Waals surface area (Å²) in [6.07, 6.45) is 10.0. The van der Waals surface area contributed by atoms with Gasteiger partial charge in [-0.25, -0.2) is 0 Å². The molecule has 3 rings (SSSR count). The molecule has 0 bridgehead atoms. The van der Waals surface area contributed by atoms with Crippen molar-refractivity contribution in [2.75, 3.05) is 26.2 Å². The summed E-state index contributed by atoms with van der Waals surface area (Å²) in [5.74, 6) is 3.54. The van der Waals surface area contributed by atoms with Crippen LogP contribution in [0.25, 0.3) is 0 Å². The van der Waals surface area contributed by atoms with E-state index in [1.807, 2.05) is 0 Å². The van der Waals surface area contributed by atoms with E-state index in [1.54, 1.807) is 0 Å². The third kappa shape index (κ3) is 5.32. The third-order valence-corrected chi connectivity index (χ3v) is 7.43. The van der Waals surface area contributed by atoms with Gasteiger partial charge in [0.05, 0.1) is 0 Å². The highest BCUT2D eigenvalue weighted by molar-refractivity contribution is 5.79. The molecule has 0 aromatic carbocycles. The summed E-state index contributed by atoms with van der Waals surface area (Å²) in [6.45, 7) is 10.8. The van der Waals surface area contributed by atoms with Gasteiger partial charge in [-0.15, -0.1) is 0 Å². The van der Waals surface area contributed by atoms with Crippen LogP contribution in [0.4, 0.5) is 0 Å². The minimum absolute atomic E-state index is 0.436. The average Bonchev–Trinajstić information content (AvgIpc) is 3.23. The van der Waals surface area contributed by atoms with E-state index in [4.69, 9.17) is 10.8 Å². The van der Waals surface area contributed by atoms with Gasteiger partial charge in [0.2, 0.25) is 0 Å². The molecule has 3 atom stereocenters. The summed E-state index contributed by atoms with van der Waals surface area (Å²) in [6, 6.07) is 0.918. The maximum Gasteiger partial charge on any atom is 0.191 e. The summed E-state index contributed by atoms with van der Waals surface area (Å²) < 4.78 is 0. The predicted octanol–water partition coefficient (Wildman–Crippen LogP) is 3.45. The van der Waals surface area contributed by atoms with E-state index < -0.39 is 0 Å². The van der Waals surface area contributed by atoms with Crippen LogP contribution in [0.3, 0.4) is 0 Å². The van der Waals surface area contributed by atoms with Crippen molar-refractivity contribution >= 4 is 11.9 Å². The van der Waals surface area contributed by atoms with Gasteiger partial charge in [0.25, 0.3) is 0 Å². The molecule has 4 N–H and O–H groups in total. The van der Waals surface area contributed by atoms with E-state index in [1.165, 1.54) is 32.1 Å². The van der Waals surface area contributed by atoms with Crippen LogP contribution >= 0.6 is 0 Å². The van der Waals surface area contributed by atoms with Gasteiger partial charge in [0.15, 0.2) is 11.9 Å². The van der Waals surface area contributed by atoms with Crippen LogP contribution in [0.2, 0.25) is 0 Å². The van der Waals surface area contributed by atoms with E-state index in [0.717, 1.165) is 57.3 Å². The predicted molar refractivity (Wildman–Crippen MR) is 117 cm³/mol. The van der Waals surface area contributed by atoms with Crippen LogP contribution < -0.4 is 10.6 Å². The molecule has 0 aromatic rings. The van der Waals surface area contributed by atoms with E-state index in [0.29, 0.717) is 29.9 Å². The molecule has 6 heteroatoms. The van der Waals surface area contributed by atoms with Gasteiger partial charge in [-0.1, -0.05) is 40.0 Å². The lowest BCUT2D eigenvalue weighted by atomic mass is 9.82. The van der Waals surface area contributed by atoms with Gasteiger partial charge in [0, 0.05) is 38.3 Å². The summed E-state index contributed by atoms with van der Waals surface area (Å²) in [7, 11) is 0. The van der Waals surface area contributed by atoms with Crippen LogP contribution in [0.15, 0.2) is 0 Å². The Balaban J connectivity index is 1.38. The Kier molecular flexibility index (Phi) is 7.47. The Morgan fingerprint density at radius 1 is 1.11 bits per heavy atom. The van der Waals surface area contributed by atoms with E-state index >= 15 is 0 Å². The Bertz CT molecular complexity index is 527. The first-order valence-electron chi connectivity index (χ1n) is 11.7. The number of nitrogens with zero attached hydrogens (tertiary/aromatic N) is 2. The molecule has 160 valence electrons. The number of rotatable bonds is 9. The first-order valence-corrected chi connectivity index (χ1v) is 11.7. The summed E-state index contributed by atoms with van der Waals surface area (Å²) in [5.41, 5.74) is 0. The molecule has 0 spiro atoms. The molecule has 2 heterocycles. The van der Waals surface area contributed by atoms with Crippen LogP contribution in [-0.2, 0) is 0 Å². The standard InChI is InChI=1S/C22H42N6/c1-4-17(3)20-15-27(22(24)26-20)12-6-5-7-19-13-25-21(23)28(19)14-18-10-8-16(2)9-11-18/h16-20H,4-15H2,1-3H3,(H2,23,25)(H2,24,26)/t16?,17?,18?,19-,20+/m0/s1. The topological polar surface area (TPSA) is 78.2 Å². The number of hydrogen-bond donors (Lipinski definition) is 4. The lowest BCUT2D eigenvalue weighted by Crippen LogP contribution is -2.39. The SMILES string of the molecule is CCC(C)[C@H]1CN(CCCC[C@H]2CNC(=N)N2CC2CCC(C)CC2)C(=N)N1. The van der Waals surface area contributed by atoms with Gasteiger partial charge < -0.3 is 20.4 Å². The third-order valence-electron chi connectivity index (χ3n) is 7.43. The van der Waals surface area contributed by atoms with Crippen molar-refractivity contribution in [2.45, 2.75) is 84.2 Å². The van der Waals surface area contributed by atoms with E-state index in [2.05, 4.69) is 41.2 Å². The highest BCUT2D eigenvalue weighted by Crippen LogP contribution is 2.30. The van der Waals surface area contributed by atoms with Crippen LogP contribution in [0, 0.1) is 28.6 Å². The Morgan fingerprint density at radius 3 is 2.57 bits per heavy atom. The van der Waals surface area contributed by atoms with Gasteiger partial charge in [0.1, 0.15) is 0 Å². The second-order valence-electron chi connectivity index (χ2n) is 9.59. The molecular weight excluding hydrogens is 348 g/mol. The first-order chi connectivity index (χ1) is 13.5. The molecule has 0 amide bonds. The number of unbranched alkanes of at least 4 members (excludes halogenated alkanes) is 1. The Labute approximate surface area is 171 Å². The number of nitrogens with one attached hydrogen (secondary N) is 4. The van der Waals surface area contributed by atoms with Gasteiger partial charge in [-0.2, -0.15) is 0 Å². The first kappa shape index (κ1) is 21.3. The molecule has 1 unspecified atom stereocenters. The monoisotopic (exact) mass is 390 g/mol. The highest BCUT2D eigenvalue weighted by atomic mass is 15.4. The number of hydrogen-bond acceptors (Lipinski definition) is 2. The molecule has 6 nitrogen and oxygen atoms in total. The van der Waals surface area contributed by atoms with Crippen molar-refractivity contribution < 1.29 is 0 Å². The fourth-order valence-electron chi connectivity index (χ4n) is 5.03. The van der Waals surface area contributed by atoms with Crippen LogP contribution in [0.1, 0.15) is 72.1 Å². The fraction of sp³-hybridized carbons (Fsp3) is 0.909. The molecule has 0 aromatic heterocycles. The summed E-state index contributed by atoms with van der Waals surface area (Å²) in [5, 5.41) is 23.1. The molecule has 2 saturated heterocycles. The van der Waals surface area contributed by atoms with Gasteiger partial charge >= 0.3 is 0 Å². The van der Waals surface area contributed by atoms with Crippen molar-refractivity contribution in [2.24, 2.45) is 17.8 Å². The van der Waals surface area contributed by atoms with Crippen molar-refractivity contribution in [3.05, 3.63) is 0 Å². The van der Waals surface area contributed by atoms with Crippen molar-refractivity contribution in [1.82, 2.24) is 20.4 Å².